The molecule has 0 radical (unpaired) electrons. The van der Waals surface area contributed by atoms with Gasteiger partial charge in [-0.1, -0.05) is 35.9 Å². The van der Waals surface area contributed by atoms with Gasteiger partial charge in [0.05, 0.1) is 20.8 Å². The number of fused-ring (bicyclic) bond motifs is 1. The van der Waals surface area contributed by atoms with E-state index in [4.69, 9.17) is 11.6 Å². The van der Waals surface area contributed by atoms with E-state index in [9.17, 15) is 32.3 Å². The standard InChI is InChI=1S/C19H13ClF4N2O3S/c1-2-13(17(28)29)26-14-5-3-4-10(19(22,23)24)15(14)30-18(26)25-16(27)9-6-7-12(21)11(20)8-9/h3-8,13H,2H2,1H3,(H,28,29). The van der Waals surface area contributed by atoms with E-state index >= 15 is 0 Å². The first-order chi connectivity index (χ1) is 14.0. The molecule has 3 aromatic rings. The van der Waals surface area contributed by atoms with Crippen LogP contribution in [0, 0.1) is 5.82 Å². The normalized spacial score (nSPS) is 13.6. The lowest BCUT2D eigenvalue weighted by Gasteiger charge is -2.14. The van der Waals surface area contributed by atoms with E-state index in [-0.39, 0.29) is 32.0 Å². The number of thiazole rings is 1. The Balaban J connectivity index is 2.31. The number of aliphatic carboxylic acids is 1. The first kappa shape index (κ1) is 22.0. The molecule has 0 aliphatic heterocycles. The number of hydrogen-bond acceptors (Lipinski definition) is 3. The molecule has 3 rings (SSSR count). The van der Waals surface area contributed by atoms with Crippen molar-refractivity contribution in [3.63, 3.8) is 0 Å². The Labute approximate surface area is 175 Å². The number of aromatic nitrogens is 1. The molecule has 1 unspecified atom stereocenters. The number of alkyl halides is 3. The molecule has 30 heavy (non-hydrogen) atoms. The largest absolute Gasteiger partial charge is 0.480 e. The fourth-order valence-corrected chi connectivity index (χ4v) is 4.29. The minimum absolute atomic E-state index is 0.00670. The second-order valence-electron chi connectivity index (χ2n) is 6.21. The van der Waals surface area contributed by atoms with Crippen molar-refractivity contribution < 1.29 is 32.3 Å². The number of carboxylic acids is 1. The zero-order chi connectivity index (χ0) is 22.2. The van der Waals surface area contributed by atoms with E-state index < -0.39 is 35.5 Å². The Morgan fingerprint density at radius 3 is 2.53 bits per heavy atom. The third-order valence-electron chi connectivity index (χ3n) is 4.31. The highest BCUT2D eigenvalue weighted by Crippen LogP contribution is 2.37. The summed E-state index contributed by atoms with van der Waals surface area (Å²) in [5.41, 5.74) is -1.06. The lowest BCUT2D eigenvalue weighted by Crippen LogP contribution is -2.27. The van der Waals surface area contributed by atoms with Gasteiger partial charge in [-0.2, -0.15) is 18.2 Å². The van der Waals surface area contributed by atoms with E-state index in [1.165, 1.54) is 6.07 Å². The number of hydrogen-bond donors (Lipinski definition) is 1. The highest BCUT2D eigenvalue weighted by molar-refractivity contribution is 7.16. The maximum Gasteiger partial charge on any atom is 0.417 e. The molecule has 1 amide bonds. The van der Waals surface area contributed by atoms with Crippen molar-refractivity contribution in [1.82, 2.24) is 4.57 Å². The molecular weight excluding hydrogens is 448 g/mol. The van der Waals surface area contributed by atoms with Gasteiger partial charge < -0.3 is 9.67 Å². The summed E-state index contributed by atoms with van der Waals surface area (Å²) in [5, 5.41) is 9.23. The number of benzene rings is 2. The van der Waals surface area contributed by atoms with Gasteiger partial charge in [0, 0.05) is 5.56 Å². The highest BCUT2D eigenvalue weighted by Gasteiger charge is 2.34. The number of carbonyl (C=O) groups excluding carboxylic acids is 1. The monoisotopic (exact) mass is 460 g/mol. The van der Waals surface area contributed by atoms with Gasteiger partial charge in [-0.05, 0) is 36.8 Å². The van der Waals surface area contributed by atoms with Crippen molar-refractivity contribution in [1.29, 1.82) is 0 Å². The molecule has 0 bridgehead atoms. The summed E-state index contributed by atoms with van der Waals surface area (Å²) in [7, 11) is 0. The van der Waals surface area contributed by atoms with Crippen molar-refractivity contribution in [2.75, 3.05) is 0 Å². The summed E-state index contributed by atoms with van der Waals surface area (Å²) in [5.74, 6) is -2.93. The lowest BCUT2D eigenvalue weighted by molar-refractivity contribution is -0.141. The maximum atomic E-state index is 13.4. The second kappa shape index (κ2) is 8.19. The van der Waals surface area contributed by atoms with Gasteiger partial charge in [0.25, 0.3) is 5.91 Å². The van der Waals surface area contributed by atoms with E-state index in [0.29, 0.717) is 11.3 Å². The van der Waals surface area contributed by atoms with Crippen LogP contribution in [0.4, 0.5) is 17.6 Å². The molecule has 1 aromatic heterocycles. The first-order valence-electron chi connectivity index (χ1n) is 8.52. The molecule has 1 heterocycles. The molecule has 0 aliphatic carbocycles. The average Bonchev–Trinajstić information content (AvgIpc) is 3.01. The Morgan fingerprint density at radius 1 is 1.27 bits per heavy atom. The Bertz CT molecular complexity index is 1220. The molecule has 11 heteroatoms. The number of nitrogens with zero attached hydrogens (tertiary/aromatic N) is 2. The summed E-state index contributed by atoms with van der Waals surface area (Å²) in [4.78, 5) is 27.9. The molecule has 1 atom stereocenters. The van der Waals surface area contributed by atoms with Crippen molar-refractivity contribution in [2.24, 2.45) is 4.99 Å². The van der Waals surface area contributed by atoms with Crippen molar-refractivity contribution in [3.05, 3.63) is 63.2 Å². The van der Waals surface area contributed by atoms with Gasteiger partial charge >= 0.3 is 12.1 Å². The van der Waals surface area contributed by atoms with Crippen LogP contribution in [0.5, 0.6) is 0 Å². The van der Waals surface area contributed by atoms with Crippen LogP contribution in [0.15, 0.2) is 41.4 Å². The summed E-state index contributed by atoms with van der Waals surface area (Å²) in [6.07, 6.45) is -4.64. The zero-order valence-electron chi connectivity index (χ0n) is 15.2. The fraction of sp³-hybridized carbons (Fsp3) is 0.211. The van der Waals surface area contributed by atoms with E-state index in [1.54, 1.807) is 6.92 Å². The molecule has 2 aromatic carbocycles. The number of amides is 1. The van der Waals surface area contributed by atoms with Crippen LogP contribution in [0.2, 0.25) is 5.02 Å². The van der Waals surface area contributed by atoms with Crippen molar-refractivity contribution >= 4 is 45.0 Å². The zero-order valence-corrected chi connectivity index (χ0v) is 16.8. The van der Waals surface area contributed by atoms with Crippen LogP contribution < -0.4 is 4.80 Å². The lowest BCUT2D eigenvalue weighted by atomic mass is 10.1. The SMILES string of the molecule is CCC(C(=O)O)n1c(=NC(=O)c2ccc(F)c(Cl)c2)sc2c(C(F)(F)F)cccc21. The van der Waals surface area contributed by atoms with Crippen molar-refractivity contribution in [2.45, 2.75) is 25.6 Å². The molecule has 0 saturated carbocycles. The highest BCUT2D eigenvalue weighted by atomic mass is 35.5. The minimum Gasteiger partial charge on any atom is -0.480 e. The third kappa shape index (κ3) is 4.10. The number of carbonyl (C=O) groups is 2. The molecule has 0 fully saturated rings. The molecule has 158 valence electrons. The Hall–Kier alpha value is -2.72. The Morgan fingerprint density at radius 2 is 1.97 bits per heavy atom. The first-order valence-corrected chi connectivity index (χ1v) is 9.72. The van der Waals surface area contributed by atoms with E-state index in [2.05, 4.69) is 4.99 Å². The number of rotatable bonds is 4. The molecule has 0 aliphatic rings. The van der Waals surface area contributed by atoms with E-state index in [1.807, 2.05) is 0 Å². The van der Waals surface area contributed by atoms with Crippen LogP contribution in [-0.4, -0.2) is 21.6 Å². The quantitative estimate of drug-likeness (QED) is 0.538. The topological polar surface area (TPSA) is 71.7 Å². The van der Waals surface area contributed by atoms with E-state index in [0.717, 1.165) is 34.9 Å². The maximum absolute atomic E-state index is 13.4. The molecule has 0 saturated heterocycles. The average molecular weight is 461 g/mol. The molecular formula is C19H13ClF4N2O3S. The van der Waals surface area contributed by atoms with Gasteiger partial charge in [0.1, 0.15) is 11.9 Å². The summed E-state index contributed by atoms with van der Waals surface area (Å²) < 4.78 is 54.5. The van der Waals surface area contributed by atoms with Crippen LogP contribution in [0.3, 0.4) is 0 Å². The predicted octanol–water partition coefficient (Wildman–Crippen LogP) is 5.29. The Kier molecular flexibility index (Phi) is 6.00. The summed E-state index contributed by atoms with van der Waals surface area (Å²) >= 11 is 6.22. The van der Waals surface area contributed by atoms with Crippen LogP contribution >= 0.6 is 22.9 Å². The van der Waals surface area contributed by atoms with Crippen LogP contribution in [-0.2, 0) is 11.0 Å². The third-order valence-corrected chi connectivity index (χ3v) is 5.70. The van der Waals surface area contributed by atoms with Gasteiger partial charge in [0.15, 0.2) is 4.80 Å². The van der Waals surface area contributed by atoms with Crippen molar-refractivity contribution in [3.8, 4) is 0 Å². The van der Waals surface area contributed by atoms with Gasteiger partial charge in [0.2, 0.25) is 0 Å². The number of carboxylic acid groups (broad SMARTS) is 1. The predicted molar refractivity (Wildman–Crippen MR) is 103 cm³/mol. The molecule has 1 N–H and O–H groups in total. The minimum atomic E-state index is -4.68. The number of halogens is 5. The van der Waals surface area contributed by atoms with Gasteiger partial charge in [-0.25, -0.2) is 9.18 Å². The van der Waals surface area contributed by atoms with Crippen LogP contribution in [0.1, 0.15) is 35.3 Å². The summed E-state index contributed by atoms with van der Waals surface area (Å²) in [6, 6.07) is 5.25. The smallest absolute Gasteiger partial charge is 0.417 e. The summed E-state index contributed by atoms with van der Waals surface area (Å²) in [6.45, 7) is 1.55. The van der Waals surface area contributed by atoms with Crippen LogP contribution in [0.25, 0.3) is 10.2 Å². The fourth-order valence-electron chi connectivity index (χ4n) is 2.91. The van der Waals surface area contributed by atoms with Gasteiger partial charge in [-0.15, -0.1) is 0 Å². The molecule has 0 spiro atoms. The van der Waals surface area contributed by atoms with Gasteiger partial charge in [-0.3, -0.25) is 4.79 Å². The molecule has 5 nitrogen and oxygen atoms in total. The second-order valence-corrected chi connectivity index (χ2v) is 7.60.